The summed E-state index contributed by atoms with van der Waals surface area (Å²) >= 11 is 5.92. The van der Waals surface area contributed by atoms with E-state index >= 15 is 0 Å². The average molecular weight is 431 g/mol. The number of hydrogen-bond donors (Lipinski definition) is 3. The molecule has 0 spiro atoms. The number of aliphatic hydroxyl groups is 1. The fourth-order valence-corrected chi connectivity index (χ4v) is 3.06. The highest BCUT2D eigenvalue weighted by Gasteiger charge is 2.34. The minimum atomic E-state index is -4.68. The van der Waals surface area contributed by atoms with E-state index in [1.54, 1.807) is 24.3 Å². The van der Waals surface area contributed by atoms with Crippen LogP contribution in [-0.2, 0) is 17.4 Å². The van der Waals surface area contributed by atoms with E-state index in [0.29, 0.717) is 23.6 Å². The van der Waals surface area contributed by atoms with Crippen molar-refractivity contribution in [1.82, 2.24) is 5.43 Å². The monoisotopic (exact) mass is 430 g/mol. The molecule has 0 saturated heterocycles. The van der Waals surface area contributed by atoms with Crippen molar-refractivity contribution in [3.63, 3.8) is 0 Å². The summed E-state index contributed by atoms with van der Waals surface area (Å²) in [4.78, 5) is 10.9. The summed E-state index contributed by atoms with van der Waals surface area (Å²) in [6, 6.07) is 10.2. The van der Waals surface area contributed by atoms with Crippen molar-refractivity contribution in [1.29, 1.82) is 0 Å². The maximum atomic E-state index is 13.4. The molecule has 0 bridgehead atoms. The van der Waals surface area contributed by atoms with Gasteiger partial charge in [0.2, 0.25) is 0 Å². The second-order valence-corrected chi connectivity index (χ2v) is 6.93. The highest BCUT2D eigenvalue weighted by molar-refractivity contribution is 6.30. The van der Waals surface area contributed by atoms with Gasteiger partial charge in [0.1, 0.15) is 0 Å². The molecular formula is C20H22ClF3N2O3. The number of anilines is 1. The van der Waals surface area contributed by atoms with Crippen molar-refractivity contribution >= 4 is 23.3 Å². The van der Waals surface area contributed by atoms with Crippen LogP contribution >= 0.6 is 11.6 Å². The number of nitrogens with zero attached hydrogens (tertiary/aromatic N) is 1. The first-order valence-corrected chi connectivity index (χ1v) is 9.36. The zero-order valence-corrected chi connectivity index (χ0v) is 16.5. The summed E-state index contributed by atoms with van der Waals surface area (Å²) in [7, 11) is 0. The first kappa shape index (κ1) is 23.0. The Bertz CT molecular complexity index is 846. The van der Waals surface area contributed by atoms with E-state index in [1.807, 2.05) is 6.92 Å². The zero-order chi connectivity index (χ0) is 21.6. The molecule has 0 aliphatic heterocycles. The lowest BCUT2D eigenvalue weighted by Gasteiger charge is -2.28. The third kappa shape index (κ3) is 6.62. The lowest BCUT2D eigenvalue weighted by atomic mass is 10.0. The van der Waals surface area contributed by atoms with Crippen LogP contribution in [-0.4, -0.2) is 29.3 Å². The summed E-state index contributed by atoms with van der Waals surface area (Å²) in [6.07, 6.45) is -5.68. The molecule has 1 atom stereocenters. The van der Waals surface area contributed by atoms with Gasteiger partial charge in [-0.25, -0.2) is 5.43 Å². The summed E-state index contributed by atoms with van der Waals surface area (Å²) in [5, 5.41) is 21.2. The van der Waals surface area contributed by atoms with Gasteiger partial charge in [0, 0.05) is 18.1 Å². The number of carboxylic acids is 1. The smallest absolute Gasteiger partial charge is 0.416 e. The molecule has 0 aliphatic carbocycles. The Balaban J connectivity index is 2.24. The Morgan fingerprint density at radius 2 is 1.97 bits per heavy atom. The van der Waals surface area contributed by atoms with Gasteiger partial charge in [0.05, 0.1) is 23.8 Å². The molecule has 2 aromatic carbocycles. The van der Waals surface area contributed by atoms with Gasteiger partial charge in [-0.15, -0.1) is 0 Å². The van der Waals surface area contributed by atoms with E-state index in [9.17, 15) is 23.1 Å². The number of nitrogens with one attached hydrogen (secondary N) is 1. The number of rotatable bonds is 9. The van der Waals surface area contributed by atoms with Crippen LogP contribution in [0.3, 0.4) is 0 Å². The number of alkyl halides is 3. The van der Waals surface area contributed by atoms with Gasteiger partial charge in [-0.3, -0.25) is 4.79 Å². The number of aliphatic hydroxyl groups excluding tert-OH is 1. The molecule has 2 aromatic rings. The molecule has 29 heavy (non-hydrogen) atoms. The van der Waals surface area contributed by atoms with Gasteiger partial charge in [-0.2, -0.15) is 13.2 Å². The average Bonchev–Trinajstić information content (AvgIpc) is 2.64. The summed E-state index contributed by atoms with van der Waals surface area (Å²) in [5.41, 5.74) is 2.46. The molecule has 5 nitrogen and oxygen atoms in total. The summed E-state index contributed by atoms with van der Waals surface area (Å²) in [6.45, 7) is 2.31. The summed E-state index contributed by atoms with van der Waals surface area (Å²) < 4.78 is 40.3. The van der Waals surface area contributed by atoms with Crippen molar-refractivity contribution in [2.45, 2.75) is 32.0 Å². The molecule has 0 saturated carbocycles. The van der Waals surface area contributed by atoms with Gasteiger partial charge >= 0.3 is 12.1 Å². The molecule has 158 valence electrons. The maximum absolute atomic E-state index is 13.4. The molecule has 0 heterocycles. The SMILES string of the molecule is CCCN(NC[C@H](O)c1cccc(Cl)c1)c1ccc(CC(=O)O)c(C(F)(F)F)c1. The Kier molecular flexibility index (Phi) is 7.89. The van der Waals surface area contributed by atoms with Crippen molar-refractivity contribution < 1.29 is 28.2 Å². The third-order valence-electron chi connectivity index (χ3n) is 4.21. The highest BCUT2D eigenvalue weighted by Crippen LogP contribution is 2.35. The predicted molar refractivity (Wildman–Crippen MR) is 105 cm³/mol. The van der Waals surface area contributed by atoms with Crippen LogP contribution in [0.15, 0.2) is 42.5 Å². The first-order valence-electron chi connectivity index (χ1n) is 8.98. The van der Waals surface area contributed by atoms with E-state index in [1.165, 1.54) is 17.1 Å². The lowest BCUT2D eigenvalue weighted by Crippen LogP contribution is -2.41. The number of halogens is 4. The van der Waals surface area contributed by atoms with Crippen LogP contribution in [0.1, 0.15) is 36.1 Å². The molecule has 0 aliphatic rings. The molecule has 0 unspecified atom stereocenters. The predicted octanol–water partition coefficient (Wildman–Crippen LogP) is 4.44. The molecule has 0 amide bonds. The van der Waals surface area contributed by atoms with Gasteiger partial charge in [0.15, 0.2) is 0 Å². The molecule has 2 rings (SSSR count). The van der Waals surface area contributed by atoms with Gasteiger partial charge in [-0.1, -0.05) is 36.7 Å². The highest BCUT2D eigenvalue weighted by atomic mass is 35.5. The Morgan fingerprint density at radius 1 is 1.24 bits per heavy atom. The quantitative estimate of drug-likeness (QED) is 0.513. The van der Waals surface area contributed by atoms with Crippen LogP contribution in [0.25, 0.3) is 0 Å². The van der Waals surface area contributed by atoms with Crippen LogP contribution < -0.4 is 10.4 Å². The van der Waals surface area contributed by atoms with Crippen LogP contribution in [0.4, 0.5) is 18.9 Å². The van der Waals surface area contributed by atoms with Gasteiger partial charge in [0.25, 0.3) is 0 Å². The lowest BCUT2D eigenvalue weighted by molar-refractivity contribution is -0.139. The zero-order valence-electron chi connectivity index (χ0n) is 15.7. The maximum Gasteiger partial charge on any atom is 0.416 e. The van der Waals surface area contributed by atoms with Gasteiger partial charge in [-0.05, 0) is 41.8 Å². The molecular weight excluding hydrogens is 409 g/mol. The van der Waals surface area contributed by atoms with E-state index < -0.39 is 30.2 Å². The molecule has 9 heteroatoms. The fraction of sp³-hybridized carbons (Fsp3) is 0.350. The van der Waals surface area contributed by atoms with Crippen molar-refractivity contribution in [3.8, 4) is 0 Å². The number of aliphatic carboxylic acids is 1. The second kappa shape index (κ2) is 9.96. The van der Waals surface area contributed by atoms with E-state index in [4.69, 9.17) is 16.7 Å². The van der Waals surface area contributed by atoms with Crippen LogP contribution in [0.2, 0.25) is 5.02 Å². The first-order chi connectivity index (χ1) is 13.6. The van der Waals surface area contributed by atoms with Crippen molar-refractivity contribution in [3.05, 3.63) is 64.2 Å². The topological polar surface area (TPSA) is 72.8 Å². The number of carbonyl (C=O) groups is 1. The van der Waals surface area contributed by atoms with Crippen molar-refractivity contribution in [2.75, 3.05) is 18.1 Å². The summed E-state index contributed by atoms with van der Waals surface area (Å²) in [5.74, 6) is -1.34. The van der Waals surface area contributed by atoms with Crippen LogP contribution in [0, 0.1) is 0 Å². The number of hydrazine groups is 1. The normalized spacial score (nSPS) is 12.6. The van der Waals surface area contributed by atoms with Crippen molar-refractivity contribution in [2.24, 2.45) is 0 Å². The van der Waals surface area contributed by atoms with Crippen LogP contribution in [0.5, 0.6) is 0 Å². The fourth-order valence-electron chi connectivity index (χ4n) is 2.86. The molecule has 0 aromatic heterocycles. The van der Waals surface area contributed by atoms with E-state index in [0.717, 1.165) is 6.07 Å². The Morgan fingerprint density at radius 3 is 2.55 bits per heavy atom. The third-order valence-corrected chi connectivity index (χ3v) is 4.44. The Hall–Kier alpha value is -2.29. The minimum absolute atomic E-state index is 0.0541. The second-order valence-electron chi connectivity index (χ2n) is 6.49. The largest absolute Gasteiger partial charge is 0.481 e. The van der Waals surface area contributed by atoms with E-state index in [-0.39, 0.29) is 17.8 Å². The Labute approximate surface area is 171 Å². The molecule has 0 radical (unpaired) electrons. The molecule has 3 N–H and O–H groups in total. The number of benzene rings is 2. The number of carboxylic acid groups (broad SMARTS) is 1. The minimum Gasteiger partial charge on any atom is -0.481 e. The van der Waals surface area contributed by atoms with E-state index in [2.05, 4.69) is 5.43 Å². The number of hydrogen-bond acceptors (Lipinski definition) is 4. The van der Waals surface area contributed by atoms with Gasteiger partial charge < -0.3 is 15.2 Å². The standard InChI is InChI=1S/C20H22ClF3N2O3/c1-2-8-26(25-12-18(27)14-4-3-5-15(21)9-14)16-7-6-13(10-19(28)29)17(11-16)20(22,23)24/h3-7,9,11,18,25,27H,2,8,10,12H2,1H3,(H,28,29)/t18-/m0/s1. The molecule has 0 fully saturated rings.